The van der Waals surface area contributed by atoms with Crippen molar-refractivity contribution < 1.29 is 4.79 Å². The highest BCUT2D eigenvalue weighted by Crippen LogP contribution is 2.43. The molecule has 1 N–H and O–H groups in total. The molecule has 2 amide bonds. The second-order valence-corrected chi connectivity index (χ2v) is 6.28. The van der Waals surface area contributed by atoms with Gasteiger partial charge in [0.1, 0.15) is 0 Å². The van der Waals surface area contributed by atoms with Gasteiger partial charge in [-0.3, -0.25) is 0 Å². The number of allylic oxidation sites excluding steroid dienone is 2. The van der Waals surface area contributed by atoms with Crippen LogP contribution in [0.15, 0.2) is 42.5 Å². The lowest BCUT2D eigenvalue weighted by Gasteiger charge is -2.28. The Balaban J connectivity index is 1.61. The Hall–Kier alpha value is -1.77. The van der Waals surface area contributed by atoms with Crippen molar-refractivity contribution in [1.82, 2.24) is 4.90 Å². The molecule has 0 aromatic heterocycles. The first-order chi connectivity index (χ1) is 10.3. The zero-order valence-electron chi connectivity index (χ0n) is 12.7. The van der Waals surface area contributed by atoms with E-state index in [4.69, 9.17) is 0 Å². The number of nitrogens with zero attached hydrogens (tertiary/aromatic N) is 1. The van der Waals surface area contributed by atoms with E-state index < -0.39 is 0 Å². The van der Waals surface area contributed by atoms with Crippen molar-refractivity contribution in [2.75, 3.05) is 18.4 Å². The summed E-state index contributed by atoms with van der Waals surface area (Å²) >= 11 is 0. The van der Waals surface area contributed by atoms with Crippen LogP contribution in [0.2, 0.25) is 0 Å². The van der Waals surface area contributed by atoms with Gasteiger partial charge in [-0.25, -0.2) is 4.79 Å². The number of hydrogen-bond donors (Lipinski definition) is 1. The number of urea groups is 1. The molecule has 2 bridgehead atoms. The van der Waals surface area contributed by atoms with Crippen molar-refractivity contribution in [3.8, 4) is 0 Å². The van der Waals surface area contributed by atoms with E-state index in [0.717, 1.165) is 31.1 Å². The first kappa shape index (κ1) is 14.2. The SMILES string of the molecule is CCCN(CC1CC2C=CC1C2)C(=O)Nc1ccccc1. The summed E-state index contributed by atoms with van der Waals surface area (Å²) in [5.74, 6) is 2.10. The number of hydrogen-bond acceptors (Lipinski definition) is 1. The van der Waals surface area contributed by atoms with E-state index in [-0.39, 0.29) is 6.03 Å². The third kappa shape index (κ3) is 3.29. The number of amides is 2. The summed E-state index contributed by atoms with van der Waals surface area (Å²) in [5.41, 5.74) is 0.872. The maximum atomic E-state index is 12.5. The number of benzene rings is 1. The smallest absolute Gasteiger partial charge is 0.321 e. The molecule has 2 aliphatic carbocycles. The standard InChI is InChI=1S/C18H24N2O/c1-2-10-20(13-16-12-14-8-9-15(16)11-14)18(21)19-17-6-4-3-5-7-17/h3-9,14-16H,2,10-13H2,1H3,(H,19,21). The predicted octanol–water partition coefficient (Wildman–Crippen LogP) is 4.14. The monoisotopic (exact) mass is 284 g/mol. The maximum absolute atomic E-state index is 12.5. The highest BCUT2D eigenvalue weighted by molar-refractivity contribution is 5.89. The molecule has 3 nitrogen and oxygen atoms in total. The van der Waals surface area contributed by atoms with E-state index in [1.54, 1.807) is 0 Å². The Labute approximate surface area is 127 Å². The Morgan fingerprint density at radius 2 is 2.05 bits per heavy atom. The van der Waals surface area contributed by atoms with Gasteiger partial charge in [0.05, 0.1) is 0 Å². The normalized spacial score (nSPS) is 26.0. The largest absolute Gasteiger partial charge is 0.324 e. The zero-order valence-corrected chi connectivity index (χ0v) is 12.7. The molecule has 3 heteroatoms. The van der Waals surface area contributed by atoms with E-state index in [0.29, 0.717) is 11.8 Å². The van der Waals surface area contributed by atoms with Crippen LogP contribution >= 0.6 is 0 Å². The molecule has 0 aliphatic heterocycles. The lowest BCUT2D eigenvalue weighted by molar-refractivity contribution is 0.195. The summed E-state index contributed by atoms with van der Waals surface area (Å²) in [4.78, 5) is 14.5. The van der Waals surface area contributed by atoms with Crippen molar-refractivity contribution in [1.29, 1.82) is 0 Å². The molecule has 3 unspecified atom stereocenters. The highest BCUT2D eigenvalue weighted by atomic mass is 16.2. The molecular weight excluding hydrogens is 260 g/mol. The van der Waals surface area contributed by atoms with Gasteiger partial charge in [0.2, 0.25) is 0 Å². The third-order valence-corrected chi connectivity index (χ3v) is 4.68. The summed E-state index contributed by atoms with van der Waals surface area (Å²) < 4.78 is 0. The fourth-order valence-corrected chi connectivity index (χ4v) is 3.66. The van der Waals surface area contributed by atoms with Crippen molar-refractivity contribution in [3.63, 3.8) is 0 Å². The minimum absolute atomic E-state index is 0.0369. The van der Waals surface area contributed by atoms with Crippen molar-refractivity contribution in [2.24, 2.45) is 17.8 Å². The molecule has 1 aromatic carbocycles. The zero-order chi connectivity index (χ0) is 14.7. The Kier molecular flexibility index (Phi) is 4.28. The molecule has 0 spiro atoms. The quantitative estimate of drug-likeness (QED) is 0.810. The highest BCUT2D eigenvalue weighted by Gasteiger charge is 2.36. The van der Waals surface area contributed by atoms with Gasteiger partial charge in [-0.05, 0) is 49.1 Å². The topological polar surface area (TPSA) is 32.3 Å². The molecule has 1 fully saturated rings. The second kappa shape index (κ2) is 6.33. The number of para-hydroxylation sites is 1. The van der Waals surface area contributed by atoms with Gasteiger partial charge in [-0.2, -0.15) is 0 Å². The minimum atomic E-state index is 0.0369. The fraction of sp³-hybridized carbons (Fsp3) is 0.500. The van der Waals surface area contributed by atoms with E-state index in [2.05, 4.69) is 24.4 Å². The Bertz CT molecular complexity index is 511. The summed E-state index contributed by atoms with van der Waals surface area (Å²) in [7, 11) is 0. The Morgan fingerprint density at radius 1 is 1.24 bits per heavy atom. The van der Waals surface area contributed by atoms with Crippen LogP contribution < -0.4 is 5.32 Å². The molecule has 1 saturated carbocycles. The fourth-order valence-electron chi connectivity index (χ4n) is 3.66. The minimum Gasteiger partial charge on any atom is -0.324 e. The summed E-state index contributed by atoms with van der Waals surface area (Å²) in [5, 5.41) is 3.01. The van der Waals surface area contributed by atoms with Crippen LogP contribution in [-0.4, -0.2) is 24.0 Å². The molecule has 2 aliphatic rings. The van der Waals surface area contributed by atoms with Crippen LogP contribution in [0, 0.1) is 17.8 Å². The van der Waals surface area contributed by atoms with Gasteiger partial charge in [-0.1, -0.05) is 37.3 Å². The number of nitrogens with one attached hydrogen (secondary N) is 1. The average Bonchev–Trinajstić information content (AvgIpc) is 3.10. The van der Waals surface area contributed by atoms with Crippen LogP contribution in [0.25, 0.3) is 0 Å². The molecule has 3 rings (SSSR count). The van der Waals surface area contributed by atoms with Crippen LogP contribution in [0.3, 0.4) is 0 Å². The van der Waals surface area contributed by atoms with Crippen LogP contribution in [0.1, 0.15) is 26.2 Å². The average molecular weight is 284 g/mol. The molecule has 3 atom stereocenters. The summed E-state index contributed by atoms with van der Waals surface area (Å²) in [6, 6.07) is 9.75. The van der Waals surface area contributed by atoms with E-state index in [1.165, 1.54) is 12.8 Å². The molecular formula is C18H24N2O. The lowest BCUT2D eigenvalue weighted by atomic mass is 9.93. The van der Waals surface area contributed by atoms with Crippen molar-refractivity contribution >= 4 is 11.7 Å². The van der Waals surface area contributed by atoms with Crippen LogP contribution in [0.5, 0.6) is 0 Å². The van der Waals surface area contributed by atoms with Gasteiger partial charge in [0.15, 0.2) is 0 Å². The molecule has 0 saturated heterocycles. The van der Waals surface area contributed by atoms with Gasteiger partial charge in [-0.15, -0.1) is 0 Å². The van der Waals surface area contributed by atoms with Crippen LogP contribution in [0.4, 0.5) is 10.5 Å². The van der Waals surface area contributed by atoms with Crippen molar-refractivity contribution in [3.05, 3.63) is 42.5 Å². The van der Waals surface area contributed by atoms with E-state index in [1.807, 2.05) is 35.2 Å². The number of carbonyl (C=O) groups is 1. The molecule has 112 valence electrons. The van der Waals surface area contributed by atoms with Gasteiger partial charge < -0.3 is 10.2 Å². The summed E-state index contributed by atoms with van der Waals surface area (Å²) in [6.45, 7) is 3.85. The third-order valence-electron chi connectivity index (χ3n) is 4.68. The number of fused-ring (bicyclic) bond motifs is 2. The Morgan fingerprint density at radius 3 is 2.67 bits per heavy atom. The van der Waals surface area contributed by atoms with Gasteiger partial charge >= 0.3 is 6.03 Å². The molecule has 21 heavy (non-hydrogen) atoms. The van der Waals surface area contributed by atoms with E-state index in [9.17, 15) is 4.79 Å². The van der Waals surface area contributed by atoms with Crippen molar-refractivity contribution in [2.45, 2.75) is 26.2 Å². The second-order valence-electron chi connectivity index (χ2n) is 6.28. The van der Waals surface area contributed by atoms with Gasteiger partial charge in [0.25, 0.3) is 0 Å². The first-order valence-electron chi connectivity index (χ1n) is 8.05. The molecule has 0 heterocycles. The number of carbonyl (C=O) groups excluding carboxylic acids is 1. The van der Waals surface area contributed by atoms with Crippen LogP contribution in [-0.2, 0) is 0 Å². The lowest BCUT2D eigenvalue weighted by Crippen LogP contribution is -2.39. The number of anilines is 1. The van der Waals surface area contributed by atoms with E-state index >= 15 is 0 Å². The molecule has 0 radical (unpaired) electrons. The molecule has 1 aromatic rings. The first-order valence-corrected chi connectivity index (χ1v) is 8.05. The predicted molar refractivity (Wildman–Crippen MR) is 86.2 cm³/mol. The van der Waals surface area contributed by atoms with Gasteiger partial charge in [0, 0.05) is 18.8 Å². The summed E-state index contributed by atoms with van der Waals surface area (Å²) in [6.07, 6.45) is 8.26. The maximum Gasteiger partial charge on any atom is 0.321 e. The number of rotatable bonds is 5.